The first-order valence-electron chi connectivity index (χ1n) is 8.43. The molecule has 2 heterocycles. The molecule has 2 aromatic heterocycles. The monoisotopic (exact) mass is 345 g/mol. The van der Waals surface area contributed by atoms with Crippen molar-refractivity contribution in [2.45, 2.75) is 20.8 Å². The average molecular weight is 345 g/mol. The van der Waals surface area contributed by atoms with E-state index in [0.29, 0.717) is 11.3 Å². The second-order valence-corrected chi connectivity index (χ2v) is 6.55. The Bertz CT molecular complexity index is 1110. The van der Waals surface area contributed by atoms with E-state index in [2.05, 4.69) is 52.6 Å². The second-order valence-electron chi connectivity index (χ2n) is 6.55. The molecule has 0 aliphatic carbocycles. The summed E-state index contributed by atoms with van der Waals surface area (Å²) in [4.78, 5) is 19.1. The number of rotatable bonds is 3. The van der Waals surface area contributed by atoms with Crippen LogP contribution in [0.5, 0.6) is 0 Å². The zero-order valence-corrected chi connectivity index (χ0v) is 14.9. The first-order chi connectivity index (χ1) is 12.4. The third-order valence-electron chi connectivity index (χ3n) is 4.67. The van der Waals surface area contributed by atoms with Gasteiger partial charge in [0.2, 0.25) is 0 Å². The highest BCUT2D eigenvalue weighted by Crippen LogP contribution is 2.28. The molecule has 2 N–H and O–H groups in total. The van der Waals surface area contributed by atoms with Crippen LogP contribution in [-0.2, 0) is 0 Å². The summed E-state index contributed by atoms with van der Waals surface area (Å²) < 4.78 is 2.19. The molecule has 0 amide bonds. The predicted octanol–water partition coefficient (Wildman–Crippen LogP) is 4.64. The molecule has 0 saturated carbocycles. The molecule has 0 unspecified atom stereocenters. The number of carboxylic acid groups (broad SMARTS) is 1. The minimum atomic E-state index is -0.974. The van der Waals surface area contributed by atoms with Gasteiger partial charge in [0, 0.05) is 17.1 Å². The molecule has 0 spiro atoms. The summed E-state index contributed by atoms with van der Waals surface area (Å²) in [5.41, 5.74) is 6.70. The first-order valence-corrected chi connectivity index (χ1v) is 8.43. The second kappa shape index (κ2) is 5.88. The molecule has 130 valence electrons. The number of hydrogen-bond donors (Lipinski definition) is 2. The predicted molar refractivity (Wildman–Crippen MR) is 102 cm³/mol. The Morgan fingerprint density at radius 3 is 2.23 bits per heavy atom. The topological polar surface area (TPSA) is 70.9 Å². The van der Waals surface area contributed by atoms with E-state index < -0.39 is 5.97 Å². The Balaban J connectivity index is 1.82. The fraction of sp³-hybridized carbons (Fsp3) is 0.143. The van der Waals surface area contributed by atoms with Gasteiger partial charge in [0.05, 0.1) is 11.1 Å². The molecule has 0 saturated heterocycles. The number of H-pyrrole nitrogens is 1. The lowest BCUT2D eigenvalue weighted by atomic mass is 10.0. The Morgan fingerprint density at radius 2 is 1.62 bits per heavy atom. The molecule has 4 rings (SSSR count). The van der Waals surface area contributed by atoms with Crippen molar-refractivity contribution in [3.8, 4) is 16.8 Å². The molecular formula is C21H19N3O2. The largest absolute Gasteiger partial charge is 0.478 e. The maximum absolute atomic E-state index is 11.6. The number of imidazole rings is 1. The summed E-state index contributed by atoms with van der Waals surface area (Å²) in [5.74, 6) is -0.271. The number of aromatic carboxylic acids is 1. The molecule has 5 heteroatoms. The van der Waals surface area contributed by atoms with Crippen molar-refractivity contribution in [2.75, 3.05) is 0 Å². The van der Waals surface area contributed by atoms with Gasteiger partial charge in [-0.05, 0) is 68.3 Å². The summed E-state index contributed by atoms with van der Waals surface area (Å²) in [7, 11) is 0. The van der Waals surface area contributed by atoms with Crippen LogP contribution in [-0.4, -0.2) is 25.6 Å². The zero-order valence-electron chi connectivity index (χ0n) is 14.9. The molecule has 5 nitrogen and oxygen atoms in total. The third kappa shape index (κ3) is 2.58. The van der Waals surface area contributed by atoms with Gasteiger partial charge in [-0.2, -0.15) is 0 Å². The maximum Gasteiger partial charge on any atom is 0.337 e. The van der Waals surface area contributed by atoms with Crippen LogP contribution < -0.4 is 0 Å². The van der Waals surface area contributed by atoms with Crippen LogP contribution in [0.25, 0.3) is 27.8 Å². The number of benzene rings is 2. The number of carboxylic acids is 1. The fourth-order valence-corrected chi connectivity index (χ4v) is 3.45. The highest BCUT2D eigenvalue weighted by molar-refractivity contribution is 6.03. The summed E-state index contributed by atoms with van der Waals surface area (Å²) in [6.45, 7) is 5.98. The SMILES string of the molecule is Cc1nc2c(C(=O)O)cc(-c3ccc(-n4c(C)ccc4C)cc3)cc2[nH]1. The fourth-order valence-electron chi connectivity index (χ4n) is 3.45. The average Bonchev–Trinajstić information content (AvgIpc) is 3.15. The van der Waals surface area contributed by atoms with Crippen molar-refractivity contribution in [3.63, 3.8) is 0 Å². The quantitative estimate of drug-likeness (QED) is 0.568. The van der Waals surface area contributed by atoms with Crippen LogP contribution in [0.2, 0.25) is 0 Å². The lowest BCUT2D eigenvalue weighted by molar-refractivity contribution is 0.0699. The summed E-state index contributed by atoms with van der Waals surface area (Å²) in [6, 6.07) is 16.0. The summed E-state index contributed by atoms with van der Waals surface area (Å²) in [5, 5.41) is 9.54. The lowest BCUT2D eigenvalue weighted by Crippen LogP contribution is -1.99. The number of aromatic amines is 1. The van der Waals surface area contributed by atoms with Gasteiger partial charge in [-0.25, -0.2) is 9.78 Å². The van der Waals surface area contributed by atoms with E-state index in [0.717, 1.165) is 22.3 Å². The van der Waals surface area contributed by atoms with Crippen LogP contribution in [0, 0.1) is 20.8 Å². The number of aromatic nitrogens is 3. The number of fused-ring (bicyclic) bond motifs is 1. The van der Waals surface area contributed by atoms with Crippen molar-refractivity contribution in [1.29, 1.82) is 0 Å². The zero-order chi connectivity index (χ0) is 18.4. The molecule has 4 aromatic rings. The Kier molecular flexibility index (Phi) is 3.65. The van der Waals surface area contributed by atoms with E-state index in [1.165, 1.54) is 11.4 Å². The van der Waals surface area contributed by atoms with Crippen LogP contribution in [0.15, 0.2) is 48.5 Å². The van der Waals surface area contributed by atoms with Gasteiger partial charge >= 0.3 is 5.97 Å². The number of carbonyl (C=O) groups is 1. The first kappa shape index (κ1) is 16.1. The van der Waals surface area contributed by atoms with E-state index in [1.54, 1.807) is 6.07 Å². The van der Waals surface area contributed by atoms with Crippen LogP contribution in [0.4, 0.5) is 0 Å². The molecule has 0 fully saturated rings. The molecule has 0 radical (unpaired) electrons. The van der Waals surface area contributed by atoms with Crippen molar-refractivity contribution >= 4 is 17.0 Å². The maximum atomic E-state index is 11.6. The van der Waals surface area contributed by atoms with Crippen LogP contribution in [0.1, 0.15) is 27.6 Å². The number of hydrogen-bond acceptors (Lipinski definition) is 2. The smallest absolute Gasteiger partial charge is 0.337 e. The minimum absolute atomic E-state index is 0.211. The number of nitrogens with one attached hydrogen (secondary N) is 1. The Morgan fingerprint density at radius 1 is 0.962 bits per heavy atom. The van der Waals surface area contributed by atoms with Gasteiger partial charge in [-0.1, -0.05) is 12.1 Å². The lowest BCUT2D eigenvalue weighted by Gasteiger charge is -2.11. The minimum Gasteiger partial charge on any atom is -0.478 e. The number of aryl methyl sites for hydroxylation is 3. The van der Waals surface area contributed by atoms with Gasteiger partial charge in [-0.15, -0.1) is 0 Å². The van der Waals surface area contributed by atoms with Gasteiger partial charge in [0.15, 0.2) is 0 Å². The van der Waals surface area contributed by atoms with E-state index >= 15 is 0 Å². The highest BCUT2D eigenvalue weighted by Gasteiger charge is 2.15. The summed E-state index contributed by atoms with van der Waals surface area (Å²) >= 11 is 0. The van der Waals surface area contributed by atoms with E-state index in [4.69, 9.17) is 0 Å². The van der Waals surface area contributed by atoms with E-state index in [-0.39, 0.29) is 5.56 Å². The molecule has 0 bridgehead atoms. The van der Waals surface area contributed by atoms with Gasteiger partial charge < -0.3 is 14.7 Å². The highest BCUT2D eigenvalue weighted by atomic mass is 16.4. The van der Waals surface area contributed by atoms with Crippen LogP contribution >= 0.6 is 0 Å². The van der Waals surface area contributed by atoms with Crippen molar-refractivity contribution < 1.29 is 9.90 Å². The summed E-state index contributed by atoms with van der Waals surface area (Å²) in [6.07, 6.45) is 0. The molecule has 0 aliphatic heterocycles. The molecular weight excluding hydrogens is 326 g/mol. The van der Waals surface area contributed by atoms with Crippen molar-refractivity contribution in [1.82, 2.24) is 14.5 Å². The normalized spacial score (nSPS) is 11.2. The van der Waals surface area contributed by atoms with Crippen molar-refractivity contribution in [2.24, 2.45) is 0 Å². The van der Waals surface area contributed by atoms with E-state index in [9.17, 15) is 9.90 Å². The standard InChI is InChI=1S/C21H19N3O2/c1-12-4-5-13(2)24(12)17-8-6-15(7-9-17)16-10-18(21(25)26)20-19(11-16)22-14(3)23-20/h4-11H,1-3H3,(H,22,23)(H,25,26). The Labute approximate surface area is 150 Å². The molecule has 2 aromatic carbocycles. The molecule has 0 aliphatic rings. The van der Waals surface area contributed by atoms with Crippen LogP contribution in [0.3, 0.4) is 0 Å². The van der Waals surface area contributed by atoms with Gasteiger partial charge in [0.1, 0.15) is 11.3 Å². The Hall–Kier alpha value is -3.34. The number of nitrogens with zero attached hydrogens (tertiary/aromatic N) is 2. The third-order valence-corrected chi connectivity index (χ3v) is 4.67. The van der Waals surface area contributed by atoms with Gasteiger partial charge in [0.25, 0.3) is 0 Å². The molecule has 0 atom stereocenters. The van der Waals surface area contributed by atoms with E-state index in [1.807, 2.05) is 25.1 Å². The van der Waals surface area contributed by atoms with Gasteiger partial charge in [-0.3, -0.25) is 0 Å². The van der Waals surface area contributed by atoms with Crippen molar-refractivity contribution in [3.05, 3.63) is 71.3 Å². The molecule has 26 heavy (non-hydrogen) atoms.